The lowest BCUT2D eigenvalue weighted by molar-refractivity contribution is 0.0641. The van der Waals surface area contributed by atoms with E-state index in [4.69, 9.17) is 0 Å². The van der Waals surface area contributed by atoms with Crippen LogP contribution in [0.1, 0.15) is 32.0 Å². The number of phenols is 2. The first kappa shape index (κ1) is 16.5. The van der Waals surface area contributed by atoms with E-state index in [0.29, 0.717) is 5.69 Å². The van der Waals surface area contributed by atoms with Crippen molar-refractivity contribution in [3.63, 3.8) is 0 Å². The van der Waals surface area contributed by atoms with Crippen molar-refractivity contribution in [1.29, 1.82) is 0 Å². The standard InChI is InChI=1S/C18H12BrN3O4/c1-8-6-20-13-14(21-8)16(24)12-11(15(13)23)17(25)22(18(12)26)7-9-3-2-4-10(19)5-9/h2-6,23-24H,7H2,1H3. The molecule has 2 aromatic carbocycles. The third-order valence-corrected chi connectivity index (χ3v) is 4.71. The van der Waals surface area contributed by atoms with E-state index in [2.05, 4.69) is 25.9 Å². The van der Waals surface area contributed by atoms with Gasteiger partial charge in [-0.2, -0.15) is 0 Å². The molecule has 7 nitrogen and oxygen atoms in total. The monoisotopic (exact) mass is 413 g/mol. The molecule has 130 valence electrons. The number of fused-ring (bicyclic) bond motifs is 2. The van der Waals surface area contributed by atoms with Gasteiger partial charge in [0.05, 0.1) is 12.2 Å². The molecule has 0 spiro atoms. The molecule has 0 radical (unpaired) electrons. The second-order valence-electron chi connectivity index (χ2n) is 5.98. The molecular weight excluding hydrogens is 402 g/mol. The minimum atomic E-state index is -0.679. The lowest BCUT2D eigenvalue weighted by atomic mass is 10.0. The number of aryl methyl sites for hydroxylation is 1. The Kier molecular flexibility index (Phi) is 3.66. The quantitative estimate of drug-likeness (QED) is 0.494. The summed E-state index contributed by atoms with van der Waals surface area (Å²) >= 11 is 3.34. The third-order valence-electron chi connectivity index (χ3n) is 4.21. The van der Waals surface area contributed by atoms with Crippen molar-refractivity contribution in [3.05, 3.63) is 57.3 Å². The maximum atomic E-state index is 12.8. The normalized spacial score (nSPS) is 13.5. The van der Waals surface area contributed by atoms with Gasteiger partial charge in [0.1, 0.15) is 22.2 Å². The average molecular weight is 414 g/mol. The number of aromatic nitrogens is 2. The van der Waals surface area contributed by atoms with Crippen LogP contribution in [0.25, 0.3) is 11.0 Å². The fourth-order valence-corrected chi connectivity index (χ4v) is 3.48. The first-order chi connectivity index (χ1) is 12.4. The van der Waals surface area contributed by atoms with E-state index < -0.39 is 23.3 Å². The third kappa shape index (κ3) is 2.33. The largest absolute Gasteiger partial charge is 0.505 e. The Morgan fingerprint density at radius 1 is 1.08 bits per heavy atom. The summed E-state index contributed by atoms with van der Waals surface area (Å²) in [6.07, 6.45) is 1.41. The van der Waals surface area contributed by atoms with E-state index in [9.17, 15) is 19.8 Å². The summed E-state index contributed by atoms with van der Waals surface area (Å²) in [6.45, 7) is 1.68. The van der Waals surface area contributed by atoms with Crippen molar-refractivity contribution in [2.24, 2.45) is 0 Å². The maximum absolute atomic E-state index is 12.8. The fourth-order valence-electron chi connectivity index (χ4n) is 3.03. The molecular formula is C18H12BrN3O4. The Morgan fingerprint density at radius 3 is 2.38 bits per heavy atom. The van der Waals surface area contributed by atoms with Crippen LogP contribution < -0.4 is 0 Å². The van der Waals surface area contributed by atoms with Gasteiger partial charge in [-0.05, 0) is 24.6 Å². The van der Waals surface area contributed by atoms with Crippen molar-refractivity contribution in [1.82, 2.24) is 14.9 Å². The number of rotatable bonds is 2. The summed E-state index contributed by atoms with van der Waals surface area (Å²) in [5.74, 6) is -2.25. The van der Waals surface area contributed by atoms with Gasteiger partial charge in [0.25, 0.3) is 11.8 Å². The van der Waals surface area contributed by atoms with Crippen molar-refractivity contribution in [3.8, 4) is 11.5 Å². The molecule has 0 fully saturated rings. The average Bonchev–Trinajstić information content (AvgIpc) is 2.85. The number of benzene rings is 2. The summed E-state index contributed by atoms with van der Waals surface area (Å²) in [7, 11) is 0. The molecule has 4 rings (SSSR count). The van der Waals surface area contributed by atoms with Gasteiger partial charge in [-0.3, -0.25) is 14.5 Å². The predicted molar refractivity (Wildman–Crippen MR) is 96.0 cm³/mol. The minimum absolute atomic E-state index is 0.00768. The molecule has 1 aliphatic heterocycles. The van der Waals surface area contributed by atoms with E-state index in [0.717, 1.165) is 14.9 Å². The molecule has 1 aromatic heterocycles. The van der Waals surface area contributed by atoms with Crippen LogP contribution in [0.4, 0.5) is 0 Å². The van der Waals surface area contributed by atoms with E-state index in [1.54, 1.807) is 25.1 Å². The first-order valence-electron chi connectivity index (χ1n) is 7.70. The Hall–Kier alpha value is -3.00. The number of hydrogen-bond donors (Lipinski definition) is 2. The zero-order valence-electron chi connectivity index (χ0n) is 13.5. The molecule has 0 bridgehead atoms. The second kappa shape index (κ2) is 5.77. The number of nitrogens with zero attached hydrogens (tertiary/aromatic N) is 3. The molecule has 0 atom stereocenters. The Morgan fingerprint density at radius 2 is 1.73 bits per heavy atom. The lowest BCUT2D eigenvalue weighted by Crippen LogP contribution is -2.29. The van der Waals surface area contributed by atoms with Crippen LogP contribution in [-0.4, -0.2) is 36.9 Å². The van der Waals surface area contributed by atoms with Crippen LogP contribution in [0.3, 0.4) is 0 Å². The van der Waals surface area contributed by atoms with E-state index in [1.165, 1.54) is 6.20 Å². The number of imide groups is 1. The molecule has 2 N–H and O–H groups in total. The zero-order chi connectivity index (χ0) is 18.6. The van der Waals surface area contributed by atoms with Crippen LogP contribution in [0.2, 0.25) is 0 Å². The van der Waals surface area contributed by atoms with Crippen LogP contribution >= 0.6 is 15.9 Å². The SMILES string of the molecule is Cc1cnc2c(O)c3c(c(O)c2n1)C(=O)N(Cc1cccc(Br)c1)C3=O. The highest BCUT2D eigenvalue weighted by atomic mass is 79.9. The van der Waals surface area contributed by atoms with E-state index in [1.807, 2.05) is 6.07 Å². The molecule has 0 aliphatic carbocycles. The molecule has 8 heteroatoms. The molecule has 1 aliphatic rings. The number of carbonyl (C=O) groups is 2. The van der Waals surface area contributed by atoms with Gasteiger partial charge >= 0.3 is 0 Å². The minimum Gasteiger partial charge on any atom is -0.505 e. The molecule has 26 heavy (non-hydrogen) atoms. The Labute approximate surface area is 156 Å². The molecule has 3 aromatic rings. The highest BCUT2D eigenvalue weighted by molar-refractivity contribution is 9.10. The number of halogens is 1. The van der Waals surface area contributed by atoms with Crippen LogP contribution in [0, 0.1) is 6.92 Å². The smallest absolute Gasteiger partial charge is 0.265 e. The van der Waals surface area contributed by atoms with Gasteiger partial charge in [-0.15, -0.1) is 0 Å². The van der Waals surface area contributed by atoms with Gasteiger partial charge < -0.3 is 10.2 Å². The van der Waals surface area contributed by atoms with E-state index in [-0.39, 0.29) is 28.7 Å². The molecule has 0 saturated carbocycles. The van der Waals surface area contributed by atoms with Crippen molar-refractivity contribution < 1.29 is 19.8 Å². The number of hydrogen-bond acceptors (Lipinski definition) is 6. The number of phenolic OH excluding ortho intramolecular Hbond substituents is 2. The Bertz CT molecular complexity index is 1110. The van der Waals surface area contributed by atoms with Gasteiger partial charge in [-0.25, -0.2) is 9.97 Å². The van der Waals surface area contributed by atoms with Gasteiger partial charge in [0.15, 0.2) is 11.5 Å². The number of aromatic hydroxyl groups is 2. The lowest BCUT2D eigenvalue weighted by Gasteiger charge is -2.13. The van der Waals surface area contributed by atoms with Crippen molar-refractivity contribution in [2.75, 3.05) is 0 Å². The number of amides is 2. The predicted octanol–water partition coefficient (Wildman–Crippen LogP) is 2.91. The topological polar surface area (TPSA) is 104 Å². The summed E-state index contributed by atoms with van der Waals surface area (Å²) in [4.78, 5) is 34.7. The molecule has 0 saturated heterocycles. The molecule has 0 unspecified atom stereocenters. The van der Waals surface area contributed by atoms with Crippen LogP contribution in [0.5, 0.6) is 11.5 Å². The van der Waals surface area contributed by atoms with Gasteiger partial charge in [-0.1, -0.05) is 28.1 Å². The van der Waals surface area contributed by atoms with E-state index >= 15 is 0 Å². The highest BCUT2D eigenvalue weighted by Crippen LogP contribution is 2.42. The van der Waals surface area contributed by atoms with Crippen LogP contribution in [0.15, 0.2) is 34.9 Å². The second-order valence-corrected chi connectivity index (χ2v) is 6.90. The molecule has 2 amide bonds. The van der Waals surface area contributed by atoms with Gasteiger partial charge in [0.2, 0.25) is 0 Å². The fraction of sp³-hybridized carbons (Fsp3) is 0.111. The Balaban J connectivity index is 1.87. The van der Waals surface area contributed by atoms with Gasteiger partial charge in [0, 0.05) is 10.7 Å². The highest BCUT2D eigenvalue weighted by Gasteiger charge is 2.42. The first-order valence-corrected chi connectivity index (χ1v) is 8.49. The zero-order valence-corrected chi connectivity index (χ0v) is 15.1. The van der Waals surface area contributed by atoms with Crippen molar-refractivity contribution >= 4 is 38.8 Å². The summed E-state index contributed by atoms with van der Waals surface area (Å²) < 4.78 is 0.812. The summed E-state index contributed by atoms with van der Waals surface area (Å²) in [6, 6.07) is 7.18. The summed E-state index contributed by atoms with van der Waals surface area (Å²) in [5, 5.41) is 21.0. The molecule has 2 heterocycles. The van der Waals surface area contributed by atoms with Crippen molar-refractivity contribution in [2.45, 2.75) is 13.5 Å². The van der Waals surface area contributed by atoms with Crippen LogP contribution in [-0.2, 0) is 6.54 Å². The maximum Gasteiger partial charge on any atom is 0.265 e. The summed E-state index contributed by atoms with van der Waals surface area (Å²) in [5.41, 5.74) is 0.728. The number of carbonyl (C=O) groups excluding carboxylic acids is 2.